The van der Waals surface area contributed by atoms with Crippen LogP contribution in [-0.2, 0) is 0 Å². The molecule has 0 N–H and O–H groups in total. The average molecular weight is 281 g/mol. The first kappa shape index (κ1) is 13.6. The van der Waals surface area contributed by atoms with E-state index in [2.05, 4.69) is 31.0 Å². The zero-order chi connectivity index (χ0) is 15.0. The molecule has 0 radical (unpaired) electrons. The Hall–Kier alpha value is -2.36. The van der Waals surface area contributed by atoms with Crippen LogP contribution in [0.4, 0.5) is 10.6 Å². The Morgan fingerprint density at radius 3 is 2.29 bits per heavy atom. The van der Waals surface area contributed by atoms with Crippen LogP contribution in [0.15, 0.2) is 48.7 Å². The Labute approximate surface area is 125 Å². The largest absolute Gasteiger partial charge is 0.325 e. The van der Waals surface area contributed by atoms with Crippen molar-refractivity contribution in [3.63, 3.8) is 0 Å². The minimum Gasteiger partial charge on any atom is -0.320 e. The van der Waals surface area contributed by atoms with Crippen LogP contribution in [0.2, 0.25) is 0 Å². The van der Waals surface area contributed by atoms with Gasteiger partial charge in [0.25, 0.3) is 0 Å². The molecule has 2 amide bonds. The summed E-state index contributed by atoms with van der Waals surface area (Å²) in [6.07, 6.45) is 1.82. The molecule has 2 aromatic rings. The number of hydrogen-bond donors (Lipinski definition) is 0. The van der Waals surface area contributed by atoms with Crippen LogP contribution in [-0.4, -0.2) is 35.0 Å². The molecule has 1 aliphatic rings. The summed E-state index contributed by atoms with van der Waals surface area (Å²) in [5.74, 6) is 0.706. The molecule has 0 spiro atoms. The molecule has 1 aliphatic heterocycles. The number of benzene rings is 1. The van der Waals surface area contributed by atoms with E-state index in [0.717, 1.165) is 11.1 Å². The van der Waals surface area contributed by atoms with Crippen LogP contribution in [0.25, 0.3) is 11.1 Å². The van der Waals surface area contributed by atoms with Gasteiger partial charge in [-0.3, -0.25) is 4.90 Å². The summed E-state index contributed by atoms with van der Waals surface area (Å²) in [6.45, 7) is 4.77. The Bertz CT molecular complexity index is 649. The molecule has 0 unspecified atom stereocenters. The van der Waals surface area contributed by atoms with Gasteiger partial charge in [0.05, 0.1) is 12.1 Å². The van der Waals surface area contributed by atoms with Crippen LogP contribution >= 0.6 is 0 Å². The fraction of sp³-hybridized carbons (Fsp3) is 0.294. The third kappa shape index (κ3) is 2.37. The van der Waals surface area contributed by atoms with E-state index in [-0.39, 0.29) is 11.6 Å². The molecular weight excluding hydrogens is 262 g/mol. The summed E-state index contributed by atoms with van der Waals surface area (Å²) in [4.78, 5) is 20.2. The van der Waals surface area contributed by atoms with Crippen molar-refractivity contribution in [2.75, 3.05) is 18.5 Å². The highest BCUT2D eigenvalue weighted by Gasteiger charge is 2.41. The Balaban J connectivity index is 1.87. The number of likely N-dealkylation sites (N-methyl/N-ethyl adjacent to an activating group) is 1. The monoisotopic (exact) mass is 281 g/mol. The SMILES string of the molecule is CN1C(=O)N(c2ccc(-c3ccccc3)cn2)CC1(C)C. The summed E-state index contributed by atoms with van der Waals surface area (Å²) in [5.41, 5.74) is 2.01. The maximum absolute atomic E-state index is 12.3. The van der Waals surface area contributed by atoms with Crippen molar-refractivity contribution in [1.82, 2.24) is 9.88 Å². The molecule has 1 saturated heterocycles. The Kier molecular flexibility index (Phi) is 3.16. The van der Waals surface area contributed by atoms with E-state index < -0.39 is 0 Å². The number of urea groups is 1. The number of carbonyl (C=O) groups is 1. The van der Waals surface area contributed by atoms with Crippen LogP contribution < -0.4 is 4.90 Å². The van der Waals surface area contributed by atoms with Crippen molar-refractivity contribution in [2.45, 2.75) is 19.4 Å². The smallest absolute Gasteiger partial charge is 0.320 e. The second-order valence-corrected chi connectivity index (χ2v) is 6.01. The Morgan fingerprint density at radius 2 is 1.76 bits per heavy atom. The highest BCUT2D eigenvalue weighted by atomic mass is 16.2. The quantitative estimate of drug-likeness (QED) is 0.846. The van der Waals surface area contributed by atoms with Crippen molar-refractivity contribution >= 4 is 11.8 Å². The van der Waals surface area contributed by atoms with E-state index in [1.807, 2.05) is 43.6 Å². The lowest BCUT2D eigenvalue weighted by atomic mass is 10.1. The molecule has 3 rings (SSSR count). The topological polar surface area (TPSA) is 36.4 Å². The molecule has 108 valence electrons. The van der Waals surface area contributed by atoms with Gasteiger partial charge < -0.3 is 4.90 Å². The molecule has 0 atom stereocenters. The van der Waals surface area contributed by atoms with Crippen LogP contribution in [0.5, 0.6) is 0 Å². The molecule has 1 aromatic heterocycles. The zero-order valence-electron chi connectivity index (χ0n) is 12.6. The van der Waals surface area contributed by atoms with E-state index in [1.165, 1.54) is 0 Å². The van der Waals surface area contributed by atoms with E-state index in [9.17, 15) is 4.79 Å². The fourth-order valence-electron chi connectivity index (χ4n) is 2.53. The lowest BCUT2D eigenvalue weighted by molar-refractivity contribution is 0.198. The minimum absolute atomic E-state index is 0.0000360. The molecule has 4 heteroatoms. The molecule has 4 nitrogen and oxygen atoms in total. The standard InChI is InChI=1S/C17H19N3O/c1-17(2)12-20(16(21)19(17)3)15-10-9-14(11-18-15)13-7-5-4-6-8-13/h4-11H,12H2,1-3H3. The number of anilines is 1. The fourth-order valence-corrected chi connectivity index (χ4v) is 2.53. The van der Waals surface area contributed by atoms with Crippen molar-refractivity contribution < 1.29 is 4.79 Å². The number of rotatable bonds is 2. The second kappa shape index (κ2) is 4.88. The van der Waals surface area contributed by atoms with E-state index in [0.29, 0.717) is 12.4 Å². The molecule has 0 saturated carbocycles. The van der Waals surface area contributed by atoms with Gasteiger partial charge in [-0.1, -0.05) is 30.3 Å². The Morgan fingerprint density at radius 1 is 1.05 bits per heavy atom. The average Bonchev–Trinajstić information content (AvgIpc) is 2.72. The summed E-state index contributed by atoms with van der Waals surface area (Å²) in [6, 6.07) is 14.0. The highest BCUT2D eigenvalue weighted by Crippen LogP contribution is 2.29. The van der Waals surface area contributed by atoms with Gasteiger partial charge >= 0.3 is 6.03 Å². The van der Waals surface area contributed by atoms with Gasteiger partial charge in [-0.05, 0) is 31.5 Å². The van der Waals surface area contributed by atoms with Gasteiger partial charge in [-0.15, -0.1) is 0 Å². The number of amides is 2. The third-order valence-corrected chi connectivity index (χ3v) is 4.10. The van der Waals surface area contributed by atoms with Crippen LogP contribution in [0, 0.1) is 0 Å². The number of nitrogens with zero attached hydrogens (tertiary/aromatic N) is 3. The summed E-state index contributed by atoms with van der Waals surface area (Å²) >= 11 is 0. The summed E-state index contributed by atoms with van der Waals surface area (Å²) in [7, 11) is 1.83. The van der Waals surface area contributed by atoms with Crippen molar-refractivity contribution in [3.05, 3.63) is 48.7 Å². The zero-order valence-corrected chi connectivity index (χ0v) is 12.6. The number of aromatic nitrogens is 1. The van der Waals surface area contributed by atoms with Gasteiger partial charge in [0.2, 0.25) is 0 Å². The molecule has 21 heavy (non-hydrogen) atoms. The maximum atomic E-state index is 12.3. The first-order chi connectivity index (χ1) is 9.99. The van der Waals surface area contributed by atoms with Gasteiger partial charge in [-0.2, -0.15) is 0 Å². The molecule has 2 heterocycles. The van der Waals surface area contributed by atoms with Gasteiger partial charge in [0.1, 0.15) is 5.82 Å². The lowest BCUT2D eigenvalue weighted by Crippen LogP contribution is -2.38. The first-order valence-electron chi connectivity index (χ1n) is 7.06. The van der Waals surface area contributed by atoms with E-state index >= 15 is 0 Å². The van der Waals surface area contributed by atoms with Crippen LogP contribution in [0.1, 0.15) is 13.8 Å². The van der Waals surface area contributed by atoms with E-state index in [1.54, 1.807) is 9.80 Å². The third-order valence-electron chi connectivity index (χ3n) is 4.10. The molecular formula is C17H19N3O. The first-order valence-corrected chi connectivity index (χ1v) is 7.06. The van der Waals surface area contributed by atoms with Crippen molar-refractivity contribution in [2.24, 2.45) is 0 Å². The predicted octanol–water partition coefficient (Wildman–Crippen LogP) is 3.40. The van der Waals surface area contributed by atoms with E-state index in [4.69, 9.17) is 0 Å². The van der Waals surface area contributed by atoms with Crippen molar-refractivity contribution in [3.8, 4) is 11.1 Å². The van der Waals surface area contributed by atoms with Gasteiger partial charge in [0, 0.05) is 18.8 Å². The summed E-state index contributed by atoms with van der Waals surface area (Å²) < 4.78 is 0. The number of carbonyl (C=O) groups excluding carboxylic acids is 1. The van der Waals surface area contributed by atoms with Gasteiger partial charge in [-0.25, -0.2) is 9.78 Å². The number of hydrogen-bond acceptors (Lipinski definition) is 2. The van der Waals surface area contributed by atoms with Crippen LogP contribution in [0.3, 0.4) is 0 Å². The van der Waals surface area contributed by atoms with Gasteiger partial charge in [0.15, 0.2) is 0 Å². The molecule has 0 bridgehead atoms. The molecule has 0 aliphatic carbocycles. The second-order valence-electron chi connectivity index (χ2n) is 6.01. The minimum atomic E-state index is -0.170. The molecule has 1 aromatic carbocycles. The predicted molar refractivity (Wildman–Crippen MR) is 84.3 cm³/mol. The molecule has 1 fully saturated rings. The lowest BCUT2D eigenvalue weighted by Gasteiger charge is -2.24. The summed E-state index contributed by atoms with van der Waals surface area (Å²) in [5, 5.41) is 0. The highest BCUT2D eigenvalue weighted by molar-refractivity contribution is 5.94. The normalized spacial score (nSPS) is 17.4. The maximum Gasteiger partial charge on any atom is 0.325 e. The number of pyridine rings is 1. The van der Waals surface area contributed by atoms with Crippen molar-refractivity contribution in [1.29, 1.82) is 0 Å².